The molecule has 158 valence electrons. The Bertz CT molecular complexity index is 1340. The van der Waals surface area contributed by atoms with Gasteiger partial charge in [0.2, 0.25) is 0 Å². The Morgan fingerprint density at radius 1 is 1.16 bits per heavy atom. The highest BCUT2D eigenvalue weighted by Crippen LogP contribution is 2.27. The van der Waals surface area contributed by atoms with E-state index in [0.29, 0.717) is 27.4 Å². The lowest BCUT2D eigenvalue weighted by Crippen LogP contribution is -2.17. The van der Waals surface area contributed by atoms with E-state index in [4.69, 9.17) is 9.29 Å². The Morgan fingerprint density at radius 2 is 1.90 bits per heavy atom. The van der Waals surface area contributed by atoms with Crippen LogP contribution in [0.3, 0.4) is 0 Å². The smallest absolute Gasteiger partial charge is 0.339 e. The first kappa shape index (κ1) is 20.8. The first-order valence-electron chi connectivity index (χ1n) is 8.76. The third-order valence-corrected chi connectivity index (χ3v) is 6.69. The Hall–Kier alpha value is -3.51. The minimum absolute atomic E-state index is 0.0546. The molecule has 0 amide bonds. The predicted octanol–water partition coefficient (Wildman–Crippen LogP) is 2.86. The summed E-state index contributed by atoms with van der Waals surface area (Å²) in [6, 6.07) is 11.5. The summed E-state index contributed by atoms with van der Waals surface area (Å²) in [5.74, 6) is -0.587. The molecule has 1 N–H and O–H groups in total. The molecule has 31 heavy (non-hydrogen) atoms. The fourth-order valence-electron chi connectivity index (χ4n) is 2.82. The number of nitro benzene ring substituents is 1. The van der Waals surface area contributed by atoms with Crippen molar-refractivity contribution in [1.29, 1.82) is 0 Å². The number of hydrogen-bond acceptors (Lipinski definition) is 9. The predicted molar refractivity (Wildman–Crippen MR) is 113 cm³/mol. The molecule has 0 spiro atoms. The van der Waals surface area contributed by atoms with E-state index in [1.165, 1.54) is 23.9 Å². The van der Waals surface area contributed by atoms with E-state index in [-0.39, 0.29) is 16.3 Å². The van der Waals surface area contributed by atoms with Gasteiger partial charge in [-0.1, -0.05) is 6.07 Å². The first-order chi connectivity index (χ1) is 14.7. The van der Waals surface area contributed by atoms with Crippen LogP contribution in [0.25, 0.3) is 10.9 Å². The maximum absolute atomic E-state index is 12.5. The van der Waals surface area contributed by atoms with Crippen molar-refractivity contribution >= 4 is 49.5 Å². The summed E-state index contributed by atoms with van der Waals surface area (Å²) < 4.78 is 30.1. The number of aliphatic imine (C=N–C) groups is 1. The highest BCUT2D eigenvalue weighted by molar-refractivity contribution is 8.14. The van der Waals surface area contributed by atoms with E-state index in [1.807, 2.05) is 0 Å². The Kier molecular flexibility index (Phi) is 5.33. The van der Waals surface area contributed by atoms with Gasteiger partial charge in [-0.25, -0.2) is 9.78 Å². The molecule has 0 bridgehead atoms. The molecule has 0 aliphatic carbocycles. The molecule has 4 rings (SSSR count). The third-order valence-electron chi connectivity index (χ3n) is 4.36. The molecule has 0 radical (unpaired) electrons. The van der Waals surface area contributed by atoms with Gasteiger partial charge in [0.25, 0.3) is 5.69 Å². The van der Waals surface area contributed by atoms with Crippen molar-refractivity contribution in [2.24, 2.45) is 4.99 Å². The Labute approximate surface area is 179 Å². The van der Waals surface area contributed by atoms with Gasteiger partial charge in [0, 0.05) is 23.3 Å². The highest BCUT2D eigenvalue weighted by atomic mass is 32.2. The second kappa shape index (κ2) is 7.96. The number of nitrogens with zero attached hydrogens (tertiary/aromatic N) is 3. The average molecular weight is 459 g/mol. The first-order valence-corrected chi connectivity index (χ1v) is 11.2. The summed E-state index contributed by atoms with van der Waals surface area (Å²) in [7, 11) is -4.18. The van der Waals surface area contributed by atoms with E-state index in [9.17, 15) is 23.3 Å². The molecule has 0 saturated carbocycles. The molecule has 1 aromatic heterocycles. The number of aromatic nitrogens is 1. The molecule has 1 aliphatic heterocycles. The van der Waals surface area contributed by atoms with E-state index in [0.717, 1.165) is 24.3 Å². The molecule has 12 heteroatoms. The van der Waals surface area contributed by atoms with Gasteiger partial charge >= 0.3 is 16.1 Å². The molecule has 3 aromatic rings. The molecular formula is C19H13N3O7S2. The van der Waals surface area contributed by atoms with Crippen LogP contribution in [-0.2, 0) is 14.9 Å². The van der Waals surface area contributed by atoms with Gasteiger partial charge in [0.1, 0.15) is 15.7 Å². The van der Waals surface area contributed by atoms with Gasteiger partial charge in [0.05, 0.1) is 16.1 Å². The van der Waals surface area contributed by atoms with Gasteiger partial charge in [-0.3, -0.25) is 15.1 Å². The van der Waals surface area contributed by atoms with Gasteiger partial charge < -0.3 is 9.29 Å². The number of rotatable bonds is 6. The number of pyridine rings is 1. The SMILES string of the molecule is O=C(O)C1CSC(c2ccc3cc(OS(=O)(=O)c4ccc([N+](=O)[O-])cc4)ccc3n2)=N1. The summed E-state index contributed by atoms with van der Waals surface area (Å²) >= 11 is 1.31. The van der Waals surface area contributed by atoms with Crippen LogP contribution in [-0.4, -0.2) is 46.2 Å². The number of non-ortho nitro benzene ring substituents is 1. The molecule has 1 aliphatic rings. The van der Waals surface area contributed by atoms with Crippen molar-refractivity contribution < 1.29 is 27.4 Å². The summed E-state index contributed by atoms with van der Waals surface area (Å²) in [4.78, 5) is 29.5. The number of benzene rings is 2. The normalized spacial score (nSPS) is 16.1. The number of aliphatic carboxylic acids is 1. The molecular weight excluding hydrogens is 446 g/mol. The maximum atomic E-state index is 12.5. The summed E-state index contributed by atoms with van der Waals surface area (Å²) in [5, 5.41) is 20.9. The largest absolute Gasteiger partial charge is 0.480 e. The van der Waals surface area contributed by atoms with Crippen LogP contribution in [0, 0.1) is 10.1 Å². The van der Waals surface area contributed by atoms with Crippen molar-refractivity contribution in [1.82, 2.24) is 4.98 Å². The molecule has 2 aromatic carbocycles. The van der Waals surface area contributed by atoms with Crippen LogP contribution in [0.4, 0.5) is 5.69 Å². The van der Waals surface area contributed by atoms with Crippen molar-refractivity contribution in [3.8, 4) is 5.75 Å². The lowest BCUT2D eigenvalue weighted by Gasteiger charge is -2.08. The van der Waals surface area contributed by atoms with Gasteiger partial charge in [-0.2, -0.15) is 8.42 Å². The number of carboxylic acids is 1. The zero-order chi connectivity index (χ0) is 22.2. The van der Waals surface area contributed by atoms with Gasteiger partial charge in [-0.15, -0.1) is 11.8 Å². The van der Waals surface area contributed by atoms with Crippen molar-refractivity contribution in [3.63, 3.8) is 0 Å². The lowest BCUT2D eigenvalue weighted by atomic mass is 10.2. The van der Waals surface area contributed by atoms with Crippen LogP contribution in [0.15, 0.2) is 64.5 Å². The second-order valence-electron chi connectivity index (χ2n) is 6.44. The fraction of sp³-hybridized carbons (Fsp3) is 0.105. The van der Waals surface area contributed by atoms with Crippen LogP contribution in [0.5, 0.6) is 5.75 Å². The van der Waals surface area contributed by atoms with Crippen LogP contribution >= 0.6 is 11.8 Å². The molecule has 1 unspecified atom stereocenters. The van der Waals surface area contributed by atoms with E-state index in [2.05, 4.69) is 9.98 Å². The lowest BCUT2D eigenvalue weighted by molar-refractivity contribution is -0.384. The zero-order valence-corrected chi connectivity index (χ0v) is 17.2. The van der Waals surface area contributed by atoms with E-state index < -0.39 is 27.1 Å². The number of fused-ring (bicyclic) bond motifs is 1. The summed E-state index contributed by atoms with van der Waals surface area (Å²) in [6.45, 7) is 0. The minimum atomic E-state index is -4.18. The molecule has 0 saturated heterocycles. The molecule has 0 fully saturated rings. The van der Waals surface area contributed by atoms with E-state index >= 15 is 0 Å². The third kappa shape index (κ3) is 4.34. The van der Waals surface area contributed by atoms with Crippen molar-refractivity contribution in [2.75, 3.05) is 5.75 Å². The summed E-state index contributed by atoms with van der Waals surface area (Å²) in [5.41, 5.74) is 0.860. The Balaban J connectivity index is 1.57. The monoisotopic (exact) mass is 459 g/mol. The van der Waals surface area contributed by atoms with Crippen molar-refractivity contribution in [3.05, 3.63) is 70.4 Å². The van der Waals surface area contributed by atoms with Crippen molar-refractivity contribution in [2.45, 2.75) is 10.9 Å². The number of thioether (sulfide) groups is 1. The van der Waals surface area contributed by atoms with Gasteiger partial charge in [-0.05, 0) is 36.4 Å². The average Bonchev–Trinajstić information content (AvgIpc) is 3.24. The maximum Gasteiger partial charge on any atom is 0.339 e. The molecule has 2 heterocycles. The van der Waals surface area contributed by atoms with Crippen LogP contribution < -0.4 is 4.18 Å². The summed E-state index contributed by atoms with van der Waals surface area (Å²) in [6.07, 6.45) is 0. The molecule has 1 atom stereocenters. The minimum Gasteiger partial charge on any atom is -0.480 e. The quantitative estimate of drug-likeness (QED) is 0.333. The van der Waals surface area contributed by atoms with E-state index in [1.54, 1.807) is 18.2 Å². The standard InChI is InChI=1S/C19H13N3O7S2/c23-19(24)17-10-30-18(21-17)16-7-1-11-9-13(4-8-15(11)20-16)29-31(27,28)14-5-2-12(3-6-14)22(25)26/h1-9,17H,10H2,(H,23,24). The second-order valence-corrected chi connectivity index (χ2v) is 8.99. The number of carboxylic acid groups (broad SMARTS) is 1. The fourth-order valence-corrected chi connectivity index (χ4v) is 4.74. The highest BCUT2D eigenvalue weighted by Gasteiger charge is 2.26. The topological polar surface area (TPSA) is 149 Å². The molecule has 10 nitrogen and oxygen atoms in total. The number of nitro groups is 1. The zero-order valence-electron chi connectivity index (χ0n) is 15.5. The van der Waals surface area contributed by atoms with Crippen LogP contribution in [0.2, 0.25) is 0 Å². The Morgan fingerprint density at radius 3 is 2.55 bits per heavy atom. The number of hydrogen-bond donors (Lipinski definition) is 1. The number of carbonyl (C=O) groups is 1. The van der Waals surface area contributed by atoms with Crippen LogP contribution in [0.1, 0.15) is 5.69 Å². The van der Waals surface area contributed by atoms with Gasteiger partial charge in [0.15, 0.2) is 6.04 Å².